The van der Waals surface area contributed by atoms with E-state index in [4.69, 9.17) is 4.98 Å². The third-order valence-electron chi connectivity index (χ3n) is 9.73. The van der Waals surface area contributed by atoms with Gasteiger partial charge >= 0.3 is 0 Å². The number of para-hydroxylation sites is 2. The van der Waals surface area contributed by atoms with Gasteiger partial charge < -0.3 is 14.4 Å². The second kappa shape index (κ2) is 12.2. The summed E-state index contributed by atoms with van der Waals surface area (Å²) in [6.07, 6.45) is 3.72. The molecule has 0 atom stereocenters. The number of fused-ring (bicyclic) bond motifs is 11. The van der Waals surface area contributed by atoms with Crippen molar-refractivity contribution in [2.45, 2.75) is 0 Å². The molecule has 237 valence electrons. The minimum absolute atomic E-state index is 0. The fourth-order valence-electron chi connectivity index (χ4n) is 7.55. The van der Waals surface area contributed by atoms with Gasteiger partial charge in [0.25, 0.3) is 0 Å². The molecule has 0 bridgehead atoms. The summed E-state index contributed by atoms with van der Waals surface area (Å²) in [6, 6.07) is 59.8. The predicted octanol–water partition coefficient (Wildman–Crippen LogP) is 11.7. The van der Waals surface area contributed by atoms with Crippen LogP contribution in [0.3, 0.4) is 0 Å². The van der Waals surface area contributed by atoms with E-state index in [1.807, 2.05) is 48.7 Å². The first-order chi connectivity index (χ1) is 24.3. The van der Waals surface area contributed by atoms with Crippen LogP contribution < -0.4 is 0 Å². The summed E-state index contributed by atoms with van der Waals surface area (Å²) < 4.78 is 2.39. The van der Waals surface area contributed by atoms with E-state index in [1.165, 1.54) is 65.0 Å². The van der Waals surface area contributed by atoms with Crippen molar-refractivity contribution >= 4 is 70.4 Å². The first-order valence-corrected chi connectivity index (χ1v) is 16.5. The van der Waals surface area contributed by atoms with Crippen molar-refractivity contribution in [2.24, 2.45) is 0 Å². The number of pyridine rings is 2. The zero-order valence-corrected chi connectivity index (χ0v) is 29.2. The third-order valence-corrected chi connectivity index (χ3v) is 9.73. The molecular formula is C46H27IrN3-2. The summed E-state index contributed by atoms with van der Waals surface area (Å²) in [5.74, 6) is 0. The van der Waals surface area contributed by atoms with Crippen LogP contribution in [0.5, 0.6) is 0 Å². The van der Waals surface area contributed by atoms with Gasteiger partial charge in [-0.3, -0.25) is 0 Å². The fourth-order valence-corrected chi connectivity index (χ4v) is 7.55. The molecule has 4 aromatic heterocycles. The van der Waals surface area contributed by atoms with Crippen LogP contribution in [-0.4, -0.2) is 14.4 Å². The Morgan fingerprint density at radius 2 is 1.16 bits per heavy atom. The number of rotatable bonds is 2. The van der Waals surface area contributed by atoms with E-state index >= 15 is 0 Å². The van der Waals surface area contributed by atoms with Crippen LogP contribution >= 0.6 is 0 Å². The molecular weight excluding hydrogens is 787 g/mol. The average Bonchev–Trinajstić information content (AvgIpc) is 3.70. The molecule has 3 nitrogen and oxygen atoms in total. The van der Waals surface area contributed by atoms with Crippen molar-refractivity contribution in [1.82, 2.24) is 14.4 Å². The Morgan fingerprint density at radius 1 is 0.440 bits per heavy atom. The van der Waals surface area contributed by atoms with Gasteiger partial charge in [-0.15, -0.1) is 59.7 Å². The third kappa shape index (κ3) is 4.68. The van der Waals surface area contributed by atoms with Crippen LogP contribution in [0.25, 0.3) is 92.9 Å². The SMILES string of the molecule is [Ir].[c-]1cc2c(cc1-c1nccc3c1ccc1c4ccccc4ccc31)c1cccc3c4ccccc4n2c13.[c-]1ccccc1-c1ccccn1. The zero-order chi connectivity index (χ0) is 32.3. The van der Waals surface area contributed by atoms with Gasteiger partial charge in [-0.05, 0) is 72.8 Å². The summed E-state index contributed by atoms with van der Waals surface area (Å²) in [5.41, 5.74) is 7.73. The topological polar surface area (TPSA) is 30.2 Å². The summed E-state index contributed by atoms with van der Waals surface area (Å²) >= 11 is 0. The molecule has 0 aliphatic heterocycles. The van der Waals surface area contributed by atoms with Crippen LogP contribution in [0, 0.1) is 12.1 Å². The van der Waals surface area contributed by atoms with E-state index in [0.717, 1.165) is 27.9 Å². The zero-order valence-electron chi connectivity index (χ0n) is 26.8. The van der Waals surface area contributed by atoms with Crippen LogP contribution in [-0.2, 0) is 20.1 Å². The molecule has 7 aromatic carbocycles. The first kappa shape index (κ1) is 30.2. The first-order valence-electron chi connectivity index (χ1n) is 16.5. The normalized spacial score (nSPS) is 11.4. The molecule has 1 radical (unpaired) electrons. The standard InChI is InChI=1S/C35H19N2.C11H8N.Ir/c1-2-7-23-21(6-1)12-14-25-24(23)15-16-28-26(25)18-19-36-34(28)22-13-17-33-31(20-22)30-10-5-9-29-27-8-3-4-11-32(27)37(33)35(29)30;1-2-6-10(7-3-1)11-8-4-5-9-12-11;/h1-12,14-20H;1-6,8-9H;/q2*-1;. The van der Waals surface area contributed by atoms with Crippen molar-refractivity contribution in [3.05, 3.63) is 176 Å². The second-order valence-electron chi connectivity index (χ2n) is 12.4. The maximum absolute atomic E-state index is 4.87. The molecule has 0 amide bonds. The van der Waals surface area contributed by atoms with Gasteiger partial charge in [0.1, 0.15) is 0 Å². The van der Waals surface area contributed by atoms with E-state index in [-0.39, 0.29) is 20.1 Å². The Labute approximate surface area is 302 Å². The number of nitrogens with zero attached hydrogens (tertiary/aromatic N) is 3. The van der Waals surface area contributed by atoms with E-state index in [0.29, 0.717) is 0 Å². The summed E-state index contributed by atoms with van der Waals surface area (Å²) in [7, 11) is 0. The average molecular weight is 814 g/mol. The minimum Gasteiger partial charge on any atom is -0.350 e. The number of aromatic nitrogens is 3. The molecule has 0 unspecified atom stereocenters. The van der Waals surface area contributed by atoms with E-state index < -0.39 is 0 Å². The Hall–Kier alpha value is -5.93. The van der Waals surface area contributed by atoms with Gasteiger partial charge in [0.15, 0.2) is 0 Å². The van der Waals surface area contributed by atoms with Crippen LogP contribution in [0.4, 0.5) is 0 Å². The monoisotopic (exact) mass is 814 g/mol. The molecule has 4 heteroatoms. The Balaban J connectivity index is 0.000000221. The minimum atomic E-state index is 0. The molecule has 0 saturated carbocycles. The van der Waals surface area contributed by atoms with E-state index in [1.54, 1.807) is 6.20 Å². The van der Waals surface area contributed by atoms with Crippen LogP contribution in [0.1, 0.15) is 0 Å². The smallest absolute Gasteiger partial charge is 0.0516 e. The molecule has 11 rings (SSSR count). The largest absolute Gasteiger partial charge is 0.350 e. The Bertz CT molecular complexity index is 2950. The fraction of sp³-hybridized carbons (Fsp3) is 0. The quantitative estimate of drug-likeness (QED) is 0.129. The van der Waals surface area contributed by atoms with Gasteiger partial charge in [-0.1, -0.05) is 102 Å². The molecule has 50 heavy (non-hydrogen) atoms. The second-order valence-corrected chi connectivity index (χ2v) is 12.4. The molecule has 11 aromatic rings. The number of hydrogen-bond donors (Lipinski definition) is 0. The Kier molecular flexibility index (Phi) is 7.35. The van der Waals surface area contributed by atoms with Crippen molar-refractivity contribution < 1.29 is 20.1 Å². The predicted molar refractivity (Wildman–Crippen MR) is 204 cm³/mol. The van der Waals surface area contributed by atoms with Crippen LogP contribution in [0.2, 0.25) is 0 Å². The van der Waals surface area contributed by atoms with Gasteiger partial charge in [-0.25, -0.2) is 0 Å². The summed E-state index contributed by atoms with van der Waals surface area (Å²) in [6.45, 7) is 0. The maximum atomic E-state index is 4.87. The van der Waals surface area contributed by atoms with Crippen molar-refractivity contribution in [1.29, 1.82) is 0 Å². The maximum Gasteiger partial charge on any atom is 0.0516 e. The molecule has 0 spiro atoms. The van der Waals surface area contributed by atoms with Crippen molar-refractivity contribution in [3.63, 3.8) is 0 Å². The number of hydrogen-bond acceptors (Lipinski definition) is 2. The molecule has 4 heterocycles. The molecule has 0 saturated heterocycles. The van der Waals surface area contributed by atoms with Gasteiger partial charge in [0.2, 0.25) is 0 Å². The van der Waals surface area contributed by atoms with Gasteiger partial charge in [0.05, 0.1) is 5.52 Å². The molecule has 0 fully saturated rings. The number of benzene rings is 7. The molecule has 0 aliphatic carbocycles. The van der Waals surface area contributed by atoms with Gasteiger partial charge in [-0.2, -0.15) is 0 Å². The van der Waals surface area contributed by atoms with Crippen molar-refractivity contribution in [2.75, 3.05) is 0 Å². The van der Waals surface area contributed by atoms with E-state index in [9.17, 15) is 0 Å². The van der Waals surface area contributed by atoms with Gasteiger partial charge in [0, 0.05) is 48.8 Å². The summed E-state index contributed by atoms with van der Waals surface area (Å²) in [5, 5.41) is 12.6. The molecule has 0 N–H and O–H groups in total. The Morgan fingerprint density at radius 3 is 2.02 bits per heavy atom. The van der Waals surface area contributed by atoms with E-state index in [2.05, 4.69) is 131 Å². The molecule has 0 aliphatic rings. The van der Waals surface area contributed by atoms with Crippen molar-refractivity contribution in [3.8, 4) is 22.5 Å². The summed E-state index contributed by atoms with van der Waals surface area (Å²) in [4.78, 5) is 9.09. The van der Waals surface area contributed by atoms with Crippen LogP contribution in [0.15, 0.2) is 164 Å².